The second-order valence-corrected chi connectivity index (χ2v) is 13.4. The van der Waals surface area contributed by atoms with Gasteiger partial charge in [0.2, 0.25) is 10.0 Å². The number of anilines is 2. The van der Waals surface area contributed by atoms with E-state index in [1.807, 2.05) is 0 Å². The van der Waals surface area contributed by atoms with Gasteiger partial charge in [-0.25, -0.2) is 21.8 Å². The molecule has 0 unspecified atom stereocenters. The van der Waals surface area contributed by atoms with E-state index >= 15 is 0 Å². The van der Waals surface area contributed by atoms with Crippen LogP contribution in [0.3, 0.4) is 0 Å². The van der Waals surface area contributed by atoms with Crippen molar-refractivity contribution in [1.29, 1.82) is 0 Å². The van der Waals surface area contributed by atoms with Gasteiger partial charge in [0, 0.05) is 43.6 Å². The normalized spacial score (nSPS) is 14.9. The van der Waals surface area contributed by atoms with Crippen molar-refractivity contribution in [2.24, 2.45) is 0 Å². The van der Waals surface area contributed by atoms with Gasteiger partial charge in [-0.05, 0) is 42.3 Å². The number of fused-ring (bicyclic) bond motifs is 1. The van der Waals surface area contributed by atoms with Gasteiger partial charge in [-0.3, -0.25) is 9.52 Å². The number of benzene rings is 2. The number of piperazine rings is 1. The molecule has 0 spiro atoms. The molecule has 0 bridgehead atoms. The molecular formula is C25H26ClN7O5S2. The Bertz CT molecular complexity index is 1850. The number of hydrogen-bond donors (Lipinski definition) is 2. The van der Waals surface area contributed by atoms with E-state index in [9.17, 15) is 21.6 Å². The van der Waals surface area contributed by atoms with Crippen LogP contribution in [-0.4, -0.2) is 79.0 Å². The number of carbonyl (C=O) groups excluding carboxylic acids is 1. The summed E-state index contributed by atoms with van der Waals surface area (Å²) < 4.78 is 54.5. The maximum absolute atomic E-state index is 13.2. The Morgan fingerprint density at radius 2 is 1.70 bits per heavy atom. The summed E-state index contributed by atoms with van der Waals surface area (Å²) in [7, 11) is -7.22. The van der Waals surface area contributed by atoms with Gasteiger partial charge >= 0.3 is 0 Å². The Morgan fingerprint density at radius 3 is 2.35 bits per heavy atom. The average molecular weight is 604 g/mol. The van der Waals surface area contributed by atoms with Crippen molar-refractivity contribution in [1.82, 2.24) is 23.8 Å². The standard InChI is InChI=1S/C25H26ClN7O5S2/c1-16-13-17(30-40(37,38)22-6-4-3-5-21(22)26)7-8-18(16)19-14-28-24-20(15-29-33(24)23(19)27)25(34)31-9-11-32(12-10-31)39(2,35)36/h3-8,13-15,30H,9-12,27H2,1-2H3. The highest BCUT2D eigenvalue weighted by Crippen LogP contribution is 2.32. The summed E-state index contributed by atoms with van der Waals surface area (Å²) >= 11 is 6.07. The molecule has 1 amide bonds. The predicted molar refractivity (Wildman–Crippen MR) is 152 cm³/mol. The molecule has 1 aliphatic heterocycles. The summed E-state index contributed by atoms with van der Waals surface area (Å²) in [6, 6.07) is 11.2. The molecule has 3 N–H and O–H groups in total. The van der Waals surface area contributed by atoms with E-state index in [-0.39, 0.29) is 59.0 Å². The Hall–Kier alpha value is -3.72. The number of halogens is 1. The van der Waals surface area contributed by atoms with Gasteiger partial charge < -0.3 is 10.6 Å². The molecular weight excluding hydrogens is 578 g/mol. The van der Waals surface area contributed by atoms with E-state index in [1.54, 1.807) is 48.4 Å². The maximum atomic E-state index is 13.2. The first-order valence-electron chi connectivity index (χ1n) is 12.1. The number of nitrogen functional groups attached to an aromatic ring is 1. The second-order valence-electron chi connectivity index (χ2n) is 9.37. The number of aryl methyl sites for hydroxylation is 1. The van der Waals surface area contributed by atoms with Gasteiger partial charge in [0.1, 0.15) is 16.3 Å². The molecule has 15 heteroatoms. The molecule has 3 heterocycles. The van der Waals surface area contributed by atoms with Crippen LogP contribution in [0.4, 0.5) is 11.5 Å². The minimum atomic E-state index is -3.90. The van der Waals surface area contributed by atoms with E-state index in [0.717, 1.165) is 11.8 Å². The van der Waals surface area contributed by atoms with Crippen molar-refractivity contribution in [2.45, 2.75) is 11.8 Å². The van der Waals surface area contributed by atoms with Crippen LogP contribution in [0.15, 0.2) is 59.8 Å². The molecule has 210 valence electrons. The number of nitrogens with zero attached hydrogens (tertiary/aromatic N) is 5. The molecule has 5 rings (SSSR count). The first-order chi connectivity index (χ1) is 18.9. The lowest BCUT2D eigenvalue weighted by Gasteiger charge is -2.33. The first-order valence-corrected chi connectivity index (χ1v) is 15.8. The third-order valence-corrected chi connectivity index (χ3v) is 9.87. The summed E-state index contributed by atoms with van der Waals surface area (Å²) in [6.07, 6.45) is 4.09. The third kappa shape index (κ3) is 5.22. The van der Waals surface area contributed by atoms with Crippen molar-refractivity contribution in [3.63, 3.8) is 0 Å². The quantitative estimate of drug-likeness (QED) is 0.340. The Morgan fingerprint density at radius 1 is 1.00 bits per heavy atom. The molecule has 0 atom stereocenters. The second kappa shape index (κ2) is 10.4. The van der Waals surface area contributed by atoms with Gasteiger partial charge in [0.25, 0.3) is 15.9 Å². The van der Waals surface area contributed by atoms with E-state index in [0.29, 0.717) is 16.8 Å². The van der Waals surface area contributed by atoms with Crippen molar-refractivity contribution >= 4 is 54.7 Å². The van der Waals surface area contributed by atoms with Crippen molar-refractivity contribution in [3.8, 4) is 11.1 Å². The maximum Gasteiger partial charge on any atom is 0.263 e. The molecule has 1 fully saturated rings. The highest BCUT2D eigenvalue weighted by molar-refractivity contribution is 7.92. The van der Waals surface area contributed by atoms with E-state index < -0.39 is 20.0 Å². The SMILES string of the molecule is Cc1cc(NS(=O)(=O)c2ccccc2Cl)ccc1-c1cnc2c(C(=O)N3CCN(S(C)(=O)=O)CC3)cnn2c1N. The summed E-state index contributed by atoms with van der Waals surface area (Å²) in [5.74, 6) is -0.0624. The van der Waals surface area contributed by atoms with Gasteiger partial charge in [0.15, 0.2) is 5.65 Å². The Kier molecular flexibility index (Phi) is 7.20. The first kappa shape index (κ1) is 27.8. The Balaban J connectivity index is 1.39. The van der Waals surface area contributed by atoms with E-state index in [1.165, 1.54) is 27.2 Å². The lowest BCUT2D eigenvalue weighted by Crippen LogP contribution is -2.50. The number of nitrogens with one attached hydrogen (secondary N) is 1. The summed E-state index contributed by atoms with van der Waals surface area (Å²) in [6.45, 7) is 2.74. The van der Waals surface area contributed by atoms with Crippen LogP contribution >= 0.6 is 11.6 Å². The molecule has 12 nitrogen and oxygen atoms in total. The summed E-state index contributed by atoms with van der Waals surface area (Å²) in [5, 5.41) is 4.40. The molecule has 1 saturated heterocycles. The van der Waals surface area contributed by atoms with Gasteiger partial charge in [0.05, 0.1) is 17.5 Å². The number of aromatic nitrogens is 3. The molecule has 2 aromatic carbocycles. The minimum absolute atomic E-state index is 0.0291. The van der Waals surface area contributed by atoms with Crippen LogP contribution in [0.1, 0.15) is 15.9 Å². The zero-order chi connectivity index (χ0) is 28.8. The van der Waals surface area contributed by atoms with Crippen LogP contribution in [-0.2, 0) is 20.0 Å². The fourth-order valence-electron chi connectivity index (χ4n) is 4.60. The molecule has 0 aliphatic carbocycles. The third-order valence-electron chi connectivity index (χ3n) is 6.68. The molecule has 1 aliphatic rings. The van der Waals surface area contributed by atoms with Crippen molar-refractivity contribution in [3.05, 3.63) is 71.0 Å². The largest absolute Gasteiger partial charge is 0.383 e. The highest BCUT2D eigenvalue weighted by atomic mass is 35.5. The lowest BCUT2D eigenvalue weighted by molar-refractivity contribution is 0.0700. The van der Waals surface area contributed by atoms with Crippen molar-refractivity contribution in [2.75, 3.05) is 42.9 Å². The minimum Gasteiger partial charge on any atom is -0.383 e. The molecule has 4 aromatic rings. The van der Waals surface area contributed by atoms with Crippen molar-refractivity contribution < 1.29 is 21.6 Å². The highest BCUT2D eigenvalue weighted by Gasteiger charge is 2.29. The fraction of sp³-hybridized carbons (Fsp3) is 0.240. The van der Waals surface area contributed by atoms with Gasteiger partial charge in [-0.1, -0.05) is 29.8 Å². The van der Waals surface area contributed by atoms with Crippen LogP contribution in [0.25, 0.3) is 16.8 Å². The van der Waals surface area contributed by atoms with Gasteiger partial charge in [-0.15, -0.1) is 0 Å². The van der Waals surface area contributed by atoms with Gasteiger partial charge in [-0.2, -0.15) is 13.9 Å². The lowest BCUT2D eigenvalue weighted by atomic mass is 10.0. The topological polar surface area (TPSA) is 160 Å². The number of nitrogens with two attached hydrogens (primary N) is 1. The molecule has 2 aromatic heterocycles. The van der Waals surface area contributed by atoms with E-state index in [4.69, 9.17) is 17.3 Å². The monoisotopic (exact) mass is 603 g/mol. The number of carbonyl (C=O) groups is 1. The van der Waals surface area contributed by atoms with Crippen LogP contribution in [0.2, 0.25) is 5.02 Å². The zero-order valence-corrected chi connectivity index (χ0v) is 24.0. The van der Waals surface area contributed by atoms with Crippen LogP contribution in [0.5, 0.6) is 0 Å². The number of hydrogen-bond acceptors (Lipinski definition) is 8. The number of sulfonamides is 2. The van der Waals surface area contributed by atoms with Crippen LogP contribution < -0.4 is 10.5 Å². The summed E-state index contributed by atoms with van der Waals surface area (Å²) in [5.41, 5.74) is 9.30. The molecule has 0 saturated carbocycles. The zero-order valence-electron chi connectivity index (χ0n) is 21.6. The number of rotatable bonds is 6. The number of amides is 1. The summed E-state index contributed by atoms with van der Waals surface area (Å²) in [4.78, 5) is 19.2. The fourth-order valence-corrected chi connectivity index (χ4v) is 7.00. The van der Waals surface area contributed by atoms with E-state index in [2.05, 4.69) is 14.8 Å². The smallest absolute Gasteiger partial charge is 0.263 e. The Labute approximate surface area is 236 Å². The molecule has 40 heavy (non-hydrogen) atoms. The van der Waals surface area contributed by atoms with Crippen LogP contribution in [0, 0.1) is 6.92 Å². The predicted octanol–water partition coefficient (Wildman–Crippen LogP) is 2.46. The molecule has 0 radical (unpaired) electrons. The average Bonchev–Trinajstić information content (AvgIpc) is 3.33.